The number of carbonyl (C=O) groups excluding carboxylic acids is 1. The predicted octanol–water partition coefficient (Wildman–Crippen LogP) is 2.11. The fourth-order valence-corrected chi connectivity index (χ4v) is 6.82. The van der Waals surface area contributed by atoms with E-state index in [1.807, 2.05) is 37.3 Å². The lowest BCUT2D eigenvalue weighted by Crippen LogP contribution is -2.50. The highest BCUT2D eigenvalue weighted by Gasteiger charge is 2.42. The van der Waals surface area contributed by atoms with Gasteiger partial charge in [0, 0.05) is 18.2 Å². The molecule has 2 unspecified atom stereocenters. The first-order valence-corrected chi connectivity index (χ1v) is 12.9. The summed E-state index contributed by atoms with van der Waals surface area (Å²) in [4.78, 5) is 20.5. The summed E-state index contributed by atoms with van der Waals surface area (Å²) in [5.74, 6) is -0.197. The molecule has 8 nitrogen and oxygen atoms in total. The van der Waals surface area contributed by atoms with Crippen LogP contribution in [-0.4, -0.2) is 70.7 Å². The largest absolute Gasteiger partial charge is 0.347 e. The minimum Gasteiger partial charge on any atom is -0.347 e. The number of nitrogens with one attached hydrogen (secondary N) is 1. The highest BCUT2D eigenvalue weighted by molar-refractivity contribution is 7.91. The van der Waals surface area contributed by atoms with Crippen LogP contribution in [0.3, 0.4) is 0 Å². The maximum absolute atomic E-state index is 13.5. The molecule has 0 radical (unpaired) electrons. The van der Waals surface area contributed by atoms with Gasteiger partial charge in [-0.3, -0.25) is 9.69 Å². The van der Waals surface area contributed by atoms with Crippen molar-refractivity contribution < 1.29 is 13.2 Å². The molecule has 2 saturated heterocycles. The first-order valence-electron chi connectivity index (χ1n) is 11.1. The van der Waals surface area contributed by atoms with Crippen LogP contribution in [0, 0.1) is 0 Å². The Labute approximate surface area is 187 Å². The molecule has 1 N–H and O–H groups in total. The minimum absolute atomic E-state index is 0.0199. The summed E-state index contributed by atoms with van der Waals surface area (Å²) in [6, 6.07) is 10.9. The topological polar surface area (TPSA) is 97.2 Å². The Balaban J connectivity index is 1.52. The molecule has 5 rings (SSSR count). The number of hydrogen-bond acceptors (Lipinski definition) is 6. The third kappa shape index (κ3) is 3.91. The van der Waals surface area contributed by atoms with Gasteiger partial charge < -0.3 is 5.32 Å². The maximum atomic E-state index is 13.5. The van der Waals surface area contributed by atoms with E-state index in [4.69, 9.17) is 4.98 Å². The summed E-state index contributed by atoms with van der Waals surface area (Å²) in [5.41, 5.74) is 2.71. The van der Waals surface area contributed by atoms with Crippen molar-refractivity contribution in [2.24, 2.45) is 0 Å². The molecule has 0 aliphatic carbocycles. The molecule has 2 aliphatic heterocycles. The zero-order valence-corrected chi connectivity index (χ0v) is 18.9. The maximum Gasteiger partial charge on any atom is 0.252 e. The average molecular weight is 454 g/mol. The monoisotopic (exact) mass is 453 g/mol. The molecule has 3 aromatic rings. The van der Waals surface area contributed by atoms with Crippen molar-refractivity contribution in [1.82, 2.24) is 25.0 Å². The first kappa shape index (κ1) is 21.1. The van der Waals surface area contributed by atoms with Crippen LogP contribution in [0.1, 0.15) is 30.1 Å². The van der Waals surface area contributed by atoms with E-state index >= 15 is 0 Å². The molecule has 32 heavy (non-hydrogen) atoms. The second kappa shape index (κ2) is 8.29. The van der Waals surface area contributed by atoms with Crippen LogP contribution in [0.15, 0.2) is 42.6 Å². The number of rotatable bonds is 5. The molecule has 4 heterocycles. The van der Waals surface area contributed by atoms with Crippen LogP contribution in [0.25, 0.3) is 22.3 Å². The van der Waals surface area contributed by atoms with Crippen molar-refractivity contribution in [3.05, 3.63) is 48.2 Å². The smallest absolute Gasteiger partial charge is 0.252 e. The first-order chi connectivity index (χ1) is 15.4. The summed E-state index contributed by atoms with van der Waals surface area (Å²) in [6.45, 7) is 4.38. The van der Waals surface area contributed by atoms with Gasteiger partial charge in [-0.1, -0.05) is 30.3 Å². The SMILES string of the molecule is CCn1ncc2c(C(=O)NC3CS(=O)(=O)CC3N3CCCC3)cc(-c3ccccc3)nc21. The highest BCUT2D eigenvalue weighted by atomic mass is 32.2. The second-order valence-electron chi connectivity index (χ2n) is 8.59. The molecule has 168 valence electrons. The Morgan fingerprint density at radius 2 is 1.91 bits per heavy atom. The molecule has 0 spiro atoms. The Hall–Kier alpha value is -2.78. The lowest BCUT2D eigenvalue weighted by molar-refractivity contribution is 0.0920. The van der Waals surface area contributed by atoms with Gasteiger partial charge >= 0.3 is 0 Å². The standard InChI is InChI=1S/C23H27N5O3S/c1-2-28-22-18(13-24-28)17(12-19(25-22)16-8-4-3-5-9-16)23(29)26-20-14-32(30,31)15-21(20)27-10-6-7-11-27/h3-5,8-9,12-13,20-21H,2,6-7,10-11,14-15H2,1H3,(H,26,29). The van der Waals surface area contributed by atoms with Crippen LogP contribution in [0.5, 0.6) is 0 Å². The van der Waals surface area contributed by atoms with Gasteiger partial charge in [0.05, 0.1) is 40.4 Å². The molecular weight excluding hydrogens is 426 g/mol. The normalized spacial score (nSPS) is 23.0. The van der Waals surface area contributed by atoms with E-state index in [0.29, 0.717) is 28.8 Å². The van der Waals surface area contributed by atoms with Crippen molar-refractivity contribution in [3.8, 4) is 11.3 Å². The third-order valence-electron chi connectivity index (χ3n) is 6.47. The number of amides is 1. The van der Waals surface area contributed by atoms with Crippen molar-refractivity contribution in [1.29, 1.82) is 0 Å². The van der Waals surface area contributed by atoms with Crippen LogP contribution in [0.2, 0.25) is 0 Å². The average Bonchev–Trinajstić information content (AvgIpc) is 3.52. The summed E-state index contributed by atoms with van der Waals surface area (Å²) in [5, 5.41) is 8.11. The third-order valence-corrected chi connectivity index (χ3v) is 8.19. The fraction of sp³-hybridized carbons (Fsp3) is 0.435. The highest BCUT2D eigenvalue weighted by Crippen LogP contribution is 2.27. The zero-order valence-electron chi connectivity index (χ0n) is 18.1. The van der Waals surface area contributed by atoms with Gasteiger partial charge in [0.15, 0.2) is 15.5 Å². The van der Waals surface area contributed by atoms with Crippen molar-refractivity contribution in [2.45, 2.75) is 38.4 Å². The van der Waals surface area contributed by atoms with Crippen LogP contribution in [0.4, 0.5) is 0 Å². The molecule has 2 atom stereocenters. The van der Waals surface area contributed by atoms with Gasteiger partial charge in [-0.15, -0.1) is 0 Å². The van der Waals surface area contributed by atoms with Crippen molar-refractivity contribution in [3.63, 3.8) is 0 Å². The number of pyridine rings is 1. The summed E-state index contributed by atoms with van der Waals surface area (Å²) in [6.07, 6.45) is 3.80. The Morgan fingerprint density at radius 1 is 1.16 bits per heavy atom. The number of aryl methyl sites for hydroxylation is 1. The van der Waals surface area contributed by atoms with Gasteiger partial charge in [0.1, 0.15) is 0 Å². The summed E-state index contributed by atoms with van der Waals surface area (Å²) in [7, 11) is -3.19. The molecule has 2 fully saturated rings. The van der Waals surface area contributed by atoms with E-state index in [0.717, 1.165) is 31.5 Å². The van der Waals surface area contributed by atoms with Gasteiger partial charge in [0.2, 0.25) is 0 Å². The minimum atomic E-state index is -3.19. The Kier molecular flexibility index (Phi) is 5.46. The van der Waals surface area contributed by atoms with E-state index < -0.39 is 15.9 Å². The number of nitrogens with zero attached hydrogens (tertiary/aromatic N) is 4. The van der Waals surface area contributed by atoms with Gasteiger partial charge in [-0.25, -0.2) is 18.1 Å². The Bertz CT molecular complexity index is 1250. The van der Waals surface area contributed by atoms with E-state index in [1.54, 1.807) is 16.9 Å². The molecule has 0 saturated carbocycles. The number of fused-ring (bicyclic) bond motifs is 1. The number of carbonyl (C=O) groups is 1. The summed E-state index contributed by atoms with van der Waals surface area (Å²) < 4.78 is 26.6. The lowest BCUT2D eigenvalue weighted by Gasteiger charge is -2.28. The Morgan fingerprint density at radius 3 is 2.62 bits per heavy atom. The lowest BCUT2D eigenvalue weighted by atomic mass is 10.1. The van der Waals surface area contributed by atoms with E-state index in [1.165, 1.54) is 0 Å². The number of aromatic nitrogens is 3. The molecule has 2 aromatic heterocycles. The predicted molar refractivity (Wildman–Crippen MR) is 123 cm³/mol. The van der Waals surface area contributed by atoms with Gasteiger partial charge in [0.25, 0.3) is 5.91 Å². The van der Waals surface area contributed by atoms with E-state index in [9.17, 15) is 13.2 Å². The van der Waals surface area contributed by atoms with Gasteiger partial charge in [-0.05, 0) is 38.9 Å². The number of sulfone groups is 1. The molecule has 2 aliphatic rings. The zero-order chi connectivity index (χ0) is 22.3. The van der Waals surface area contributed by atoms with Gasteiger partial charge in [-0.2, -0.15) is 5.10 Å². The quantitative estimate of drug-likeness (QED) is 0.636. The van der Waals surface area contributed by atoms with Crippen molar-refractivity contribution >= 4 is 26.8 Å². The molecular formula is C23H27N5O3S. The van der Waals surface area contributed by atoms with E-state index in [-0.39, 0.29) is 23.5 Å². The molecule has 1 aromatic carbocycles. The van der Waals surface area contributed by atoms with Crippen LogP contribution >= 0.6 is 0 Å². The fourth-order valence-electron chi connectivity index (χ4n) is 4.87. The molecule has 0 bridgehead atoms. The molecule has 9 heteroatoms. The number of hydrogen-bond donors (Lipinski definition) is 1. The van der Waals surface area contributed by atoms with E-state index in [2.05, 4.69) is 15.3 Å². The second-order valence-corrected chi connectivity index (χ2v) is 10.7. The molecule has 1 amide bonds. The van der Waals surface area contributed by atoms with Crippen molar-refractivity contribution in [2.75, 3.05) is 24.6 Å². The summed E-state index contributed by atoms with van der Waals surface area (Å²) >= 11 is 0. The van der Waals surface area contributed by atoms with Crippen LogP contribution in [-0.2, 0) is 16.4 Å². The number of benzene rings is 1. The van der Waals surface area contributed by atoms with Crippen LogP contribution < -0.4 is 5.32 Å². The number of likely N-dealkylation sites (tertiary alicyclic amines) is 1.